The van der Waals surface area contributed by atoms with Gasteiger partial charge >= 0.3 is 0 Å². The van der Waals surface area contributed by atoms with Crippen LogP contribution in [0.3, 0.4) is 0 Å². The van der Waals surface area contributed by atoms with Crippen molar-refractivity contribution in [3.63, 3.8) is 0 Å². The van der Waals surface area contributed by atoms with Crippen molar-refractivity contribution in [2.24, 2.45) is 5.73 Å². The van der Waals surface area contributed by atoms with E-state index in [0.29, 0.717) is 11.0 Å². The minimum absolute atomic E-state index is 0.112. The second kappa shape index (κ2) is 6.66. The van der Waals surface area contributed by atoms with Gasteiger partial charge in [-0.2, -0.15) is 5.10 Å². The monoisotopic (exact) mass is 345 g/mol. The van der Waals surface area contributed by atoms with E-state index in [2.05, 4.69) is 37.9 Å². The van der Waals surface area contributed by atoms with Crippen LogP contribution in [0.15, 0.2) is 15.5 Å². The Morgan fingerprint density at radius 1 is 1.55 bits per heavy atom. The highest BCUT2D eigenvalue weighted by molar-refractivity contribution is 9.10. The highest BCUT2D eigenvalue weighted by atomic mass is 79.9. The van der Waals surface area contributed by atoms with Gasteiger partial charge in [-0.05, 0) is 23.0 Å². The lowest BCUT2D eigenvalue weighted by molar-refractivity contribution is 0.264. The molecule has 0 aromatic carbocycles. The third-order valence-electron chi connectivity index (χ3n) is 3.55. The number of nitrogens with zero attached hydrogens (tertiary/aromatic N) is 4. The SMILES string of the molecule is CN1CCN(c2cnn(CCO)c(=O)c2Br)C(CN)C1. The molecule has 0 bridgehead atoms. The Labute approximate surface area is 126 Å². The van der Waals surface area contributed by atoms with Gasteiger partial charge in [-0.3, -0.25) is 4.79 Å². The number of aliphatic hydroxyl groups is 1. The van der Waals surface area contributed by atoms with E-state index < -0.39 is 0 Å². The average Bonchev–Trinajstić information content (AvgIpc) is 2.45. The molecule has 1 aliphatic rings. The Kier molecular flexibility index (Phi) is 5.14. The topological polar surface area (TPSA) is 87.6 Å². The molecule has 8 heteroatoms. The zero-order valence-electron chi connectivity index (χ0n) is 11.5. The fourth-order valence-electron chi connectivity index (χ4n) is 2.44. The van der Waals surface area contributed by atoms with Gasteiger partial charge in [0.1, 0.15) is 4.47 Å². The zero-order chi connectivity index (χ0) is 14.7. The van der Waals surface area contributed by atoms with E-state index in [1.54, 1.807) is 6.20 Å². The molecule has 1 unspecified atom stereocenters. The first-order chi connectivity index (χ1) is 9.58. The summed E-state index contributed by atoms with van der Waals surface area (Å²) in [5.41, 5.74) is 6.38. The average molecular weight is 346 g/mol. The van der Waals surface area contributed by atoms with Gasteiger partial charge in [0.2, 0.25) is 0 Å². The molecular formula is C12H20BrN5O2. The number of nitrogens with two attached hydrogens (primary N) is 1. The largest absolute Gasteiger partial charge is 0.394 e. The first kappa shape index (κ1) is 15.4. The van der Waals surface area contributed by atoms with E-state index in [-0.39, 0.29) is 24.8 Å². The Hall–Kier alpha value is -0.960. The standard InChI is InChI=1S/C12H20BrN5O2/c1-16-2-3-17(9(6-14)8-16)10-7-15-18(4-5-19)12(20)11(10)13/h7,9,19H,2-6,8,14H2,1H3. The maximum absolute atomic E-state index is 12.2. The van der Waals surface area contributed by atoms with Gasteiger partial charge in [0.15, 0.2) is 0 Å². The molecule has 1 saturated heterocycles. The summed E-state index contributed by atoms with van der Waals surface area (Å²) < 4.78 is 1.73. The molecule has 0 radical (unpaired) electrons. The van der Waals surface area contributed by atoms with Crippen molar-refractivity contribution in [3.05, 3.63) is 21.0 Å². The number of halogens is 1. The van der Waals surface area contributed by atoms with Gasteiger partial charge in [0.25, 0.3) is 5.56 Å². The predicted molar refractivity (Wildman–Crippen MR) is 81.0 cm³/mol. The van der Waals surface area contributed by atoms with Crippen LogP contribution in [0.1, 0.15) is 0 Å². The number of aliphatic hydroxyl groups excluding tert-OH is 1. The molecule has 1 aromatic heterocycles. The van der Waals surface area contributed by atoms with Crippen molar-refractivity contribution in [2.75, 3.05) is 44.7 Å². The summed E-state index contributed by atoms with van der Waals surface area (Å²) in [6.45, 7) is 3.20. The zero-order valence-corrected chi connectivity index (χ0v) is 13.1. The molecule has 0 saturated carbocycles. The van der Waals surface area contributed by atoms with Crippen molar-refractivity contribution < 1.29 is 5.11 Å². The smallest absolute Gasteiger partial charge is 0.283 e. The molecule has 1 aromatic rings. The number of piperazine rings is 1. The van der Waals surface area contributed by atoms with E-state index in [1.807, 2.05) is 0 Å². The normalized spacial score (nSPS) is 20.4. The van der Waals surface area contributed by atoms with Crippen LogP contribution in [0.25, 0.3) is 0 Å². The Morgan fingerprint density at radius 3 is 2.95 bits per heavy atom. The summed E-state index contributed by atoms with van der Waals surface area (Å²) in [6.07, 6.45) is 1.66. The number of hydrogen-bond acceptors (Lipinski definition) is 6. The molecule has 1 fully saturated rings. The summed E-state index contributed by atoms with van der Waals surface area (Å²) in [5, 5.41) is 13.0. The van der Waals surface area contributed by atoms with Gasteiger partial charge in [-0.25, -0.2) is 4.68 Å². The Morgan fingerprint density at radius 2 is 2.30 bits per heavy atom. The maximum Gasteiger partial charge on any atom is 0.283 e. The third-order valence-corrected chi connectivity index (χ3v) is 4.29. The van der Waals surface area contributed by atoms with Crippen molar-refractivity contribution in [1.29, 1.82) is 0 Å². The molecule has 3 N–H and O–H groups in total. The minimum Gasteiger partial charge on any atom is -0.394 e. The molecule has 20 heavy (non-hydrogen) atoms. The number of hydrogen-bond donors (Lipinski definition) is 2. The van der Waals surface area contributed by atoms with Crippen molar-refractivity contribution in [1.82, 2.24) is 14.7 Å². The van der Waals surface area contributed by atoms with Crippen molar-refractivity contribution in [2.45, 2.75) is 12.6 Å². The van der Waals surface area contributed by atoms with Crippen molar-refractivity contribution in [3.8, 4) is 0 Å². The molecule has 2 heterocycles. The Balaban J connectivity index is 2.32. The van der Waals surface area contributed by atoms with E-state index >= 15 is 0 Å². The fourth-order valence-corrected chi connectivity index (χ4v) is 2.97. The summed E-state index contributed by atoms with van der Waals surface area (Å²) in [7, 11) is 2.06. The minimum atomic E-state index is -0.230. The number of rotatable bonds is 4. The summed E-state index contributed by atoms with van der Waals surface area (Å²) in [5.74, 6) is 0. The van der Waals surface area contributed by atoms with Gasteiger partial charge in [0.05, 0.1) is 31.1 Å². The van der Waals surface area contributed by atoms with Crippen molar-refractivity contribution >= 4 is 21.6 Å². The molecule has 2 rings (SSSR count). The van der Waals surface area contributed by atoms with E-state index in [4.69, 9.17) is 10.8 Å². The molecule has 1 aliphatic heterocycles. The van der Waals surface area contributed by atoms with E-state index in [0.717, 1.165) is 25.3 Å². The number of anilines is 1. The van der Waals surface area contributed by atoms with Gasteiger partial charge in [0, 0.05) is 26.2 Å². The van der Waals surface area contributed by atoms with Crippen LogP contribution in [0, 0.1) is 0 Å². The second-order valence-corrected chi connectivity index (χ2v) is 5.73. The van der Waals surface area contributed by atoms with Gasteiger partial charge in [-0.1, -0.05) is 0 Å². The molecular weight excluding hydrogens is 326 g/mol. The number of likely N-dealkylation sites (N-methyl/N-ethyl adjacent to an activating group) is 1. The summed E-state index contributed by atoms with van der Waals surface area (Å²) >= 11 is 3.36. The Bertz CT molecular complexity index is 521. The van der Waals surface area contributed by atoms with E-state index in [9.17, 15) is 4.79 Å². The first-order valence-electron chi connectivity index (χ1n) is 6.60. The highest BCUT2D eigenvalue weighted by Crippen LogP contribution is 2.25. The molecule has 1 atom stereocenters. The first-order valence-corrected chi connectivity index (χ1v) is 7.39. The molecule has 112 valence electrons. The summed E-state index contributed by atoms with van der Waals surface area (Å²) in [4.78, 5) is 16.5. The molecule has 0 aliphatic carbocycles. The lowest BCUT2D eigenvalue weighted by Gasteiger charge is -2.41. The number of aromatic nitrogens is 2. The lowest BCUT2D eigenvalue weighted by Crippen LogP contribution is -2.55. The molecule has 0 spiro atoms. The van der Waals surface area contributed by atoms with Crippen LogP contribution < -0.4 is 16.2 Å². The molecule has 7 nitrogen and oxygen atoms in total. The second-order valence-electron chi connectivity index (χ2n) is 4.94. The van der Waals surface area contributed by atoms with E-state index in [1.165, 1.54) is 4.68 Å². The van der Waals surface area contributed by atoms with Crippen LogP contribution in [0.5, 0.6) is 0 Å². The van der Waals surface area contributed by atoms with Gasteiger partial charge < -0.3 is 20.6 Å². The maximum atomic E-state index is 12.2. The van der Waals surface area contributed by atoms with Crippen LogP contribution in [0.2, 0.25) is 0 Å². The van der Waals surface area contributed by atoms with Crippen LogP contribution >= 0.6 is 15.9 Å². The van der Waals surface area contributed by atoms with Crippen LogP contribution in [0.4, 0.5) is 5.69 Å². The molecule has 0 amide bonds. The highest BCUT2D eigenvalue weighted by Gasteiger charge is 2.27. The third kappa shape index (κ3) is 3.03. The predicted octanol–water partition coefficient (Wildman–Crippen LogP) is -0.923. The van der Waals surface area contributed by atoms with Gasteiger partial charge in [-0.15, -0.1) is 0 Å². The van der Waals surface area contributed by atoms with Crippen LogP contribution in [-0.4, -0.2) is 65.7 Å². The van der Waals surface area contributed by atoms with Crippen LogP contribution in [-0.2, 0) is 6.54 Å². The summed E-state index contributed by atoms with van der Waals surface area (Å²) in [6, 6.07) is 0.167. The lowest BCUT2D eigenvalue weighted by atomic mass is 10.1. The fraction of sp³-hybridized carbons (Fsp3) is 0.667. The quantitative estimate of drug-likeness (QED) is 0.733.